The molecule has 38 heavy (non-hydrogen) atoms. The van der Waals surface area contributed by atoms with Gasteiger partial charge >= 0.3 is 0 Å². The van der Waals surface area contributed by atoms with Gasteiger partial charge in [0, 0.05) is 45.0 Å². The molecule has 3 aromatic carbocycles. The molecule has 0 aromatic heterocycles. The highest BCUT2D eigenvalue weighted by Crippen LogP contribution is 2.57. The van der Waals surface area contributed by atoms with Gasteiger partial charge in [0.25, 0.3) is 5.91 Å². The van der Waals surface area contributed by atoms with Crippen molar-refractivity contribution in [2.45, 2.75) is 25.4 Å². The van der Waals surface area contributed by atoms with Crippen molar-refractivity contribution in [1.29, 1.82) is 0 Å². The highest BCUT2D eigenvalue weighted by Gasteiger charge is 2.64. The van der Waals surface area contributed by atoms with Crippen molar-refractivity contribution in [3.63, 3.8) is 0 Å². The Hall–Kier alpha value is -3.68. The molecule has 0 saturated carbocycles. The number of para-hydroxylation sites is 2. The fourth-order valence-corrected chi connectivity index (χ4v) is 6.30. The number of nitrogen functional groups attached to an aromatic ring is 2. The number of carbonyl (C=O) groups excluding carboxylic acids is 2. The average Bonchev–Trinajstić information content (AvgIpc) is 3.40. The van der Waals surface area contributed by atoms with Crippen LogP contribution < -0.4 is 26.0 Å². The Morgan fingerprint density at radius 3 is 2.32 bits per heavy atom. The fourth-order valence-electron chi connectivity index (χ4n) is 5.96. The van der Waals surface area contributed by atoms with Gasteiger partial charge in [-0.05, 0) is 48.4 Å². The van der Waals surface area contributed by atoms with Crippen molar-refractivity contribution < 1.29 is 14.3 Å². The van der Waals surface area contributed by atoms with E-state index < -0.39 is 11.5 Å². The third-order valence-corrected chi connectivity index (χ3v) is 7.94. The van der Waals surface area contributed by atoms with E-state index in [1.165, 1.54) is 4.90 Å². The Bertz CT molecular complexity index is 1470. The lowest BCUT2D eigenvalue weighted by molar-refractivity contribution is -0.118. The number of nitrogens with two attached hydrogens (primary N) is 2. The molecule has 0 aliphatic carbocycles. The largest absolute Gasteiger partial charge is 0.495 e. The lowest BCUT2D eigenvalue weighted by Crippen LogP contribution is -2.54. The summed E-state index contributed by atoms with van der Waals surface area (Å²) in [7, 11) is 1.60. The van der Waals surface area contributed by atoms with Crippen LogP contribution in [0.2, 0.25) is 10.0 Å². The maximum atomic E-state index is 14.4. The summed E-state index contributed by atoms with van der Waals surface area (Å²) in [6.45, 7) is 4.12. The Kier molecular flexibility index (Phi) is 6.53. The van der Waals surface area contributed by atoms with E-state index in [1.54, 1.807) is 43.5 Å². The van der Waals surface area contributed by atoms with Crippen molar-refractivity contribution in [3.8, 4) is 5.75 Å². The van der Waals surface area contributed by atoms with E-state index in [0.717, 1.165) is 12.0 Å². The zero-order valence-electron chi connectivity index (χ0n) is 21.2. The number of hydrogen-bond donors (Lipinski definition) is 2. The molecule has 4 N–H and O–H groups in total. The van der Waals surface area contributed by atoms with Gasteiger partial charge in [0.05, 0.1) is 24.2 Å². The summed E-state index contributed by atoms with van der Waals surface area (Å²) in [4.78, 5) is 31.4. The van der Waals surface area contributed by atoms with Crippen LogP contribution in [-0.2, 0) is 15.1 Å². The third kappa shape index (κ3) is 3.72. The number of anilines is 4. The van der Waals surface area contributed by atoms with Crippen molar-refractivity contribution in [1.82, 2.24) is 0 Å². The molecule has 196 valence electrons. The number of fused-ring (bicyclic) bond motifs is 1. The number of amides is 1. The third-order valence-electron chi connectivity index (χ3n) is 7.47. The minimum atomic E-state index is -1.53. The van der Waals surface area contributed by atoms with Gasteiger partial charge in [-0.3, -0.25) is 9.69 Å². The molecule has 3 unspecified atom stereocenters. The summed E-state index contributed by atoms with van der Waals surface area (Å²) in [5.74, 6) is -0.287. The number of carbonyl (C=O) groups is 2. The minimum absolute atomic E-state index is 0.0102. The quantitative estimate of drug-likeness (QED) is 0.303. The number of methoxy groups -OCH3 is 1. The van der Waals surface area contributed by atoms with Crippen molar-refractivity contribution in [2.24, 2.45) is 11.8 Å². The molecule has 1 saturated heterocycles. The molecule has 9 heteroatoms. The maximum Gasteiger partial charge on any atom is 0.257 e. The lowest BCUT2D eigenvalue weighted by Gasteiger charge is -2.44. The number of nitrogens with zero attached hydrogens (tertiary/aromatic N) is 2. The predicted octanol–water partition coefficient (Wildman–Crippen LogP) is 5.65. The van der Waals surface area contributed by atoms with Crippen LogP contribution in [0.15, 0.2) is 72.4 Å². The van der Waals surface area contributed by atoms with E-state index in [4.69, 9.17) is 39.4 Å². The zero-order valence-corrected chi connectivity index (χ0v) is 22.7. The van der Waals surface area contributed by atoms with E-state index in [-0.39, 0.29) is 17.9 Å². The van der Waals surface area contributed by atoms with Gasteiger partial charge in [0.15, 0.2) is 6.29 Å². The first-order chi connectivity index (χ1) is 18.1. The van der Waals surface area contributed by atoms with Crippen LogP contribution in [0.4, 0.5) is 22.7 Å². The van der Waals surface area contributed by atoms with Gasteiger partial charge in [0.1, 0.15) is 11.3 Å². The van der Waals surface area contributed by atoms with E-state index in [2.05, 4.69) is 13.8 Å². The van der Waals surface area contributed by atoms with Gasteiger partial charge in [-0.1, -0.05) is 55.2 Å². The average molecular weight is 551 g/mol. The SMILES string of the molecule is COc1ccccc1N1C=C2C(=O)N(c3cc(Cl)ccc3N)C(C=O)(c3ccc(Cl)cc3N)C2C1C(C)C. The Balaban J connectivity index is 1.84. The fraction of sp³-hybridized carbons (Fsp3) is 0.241. The number of hydrogen-bond acceptors (Lipinski definition) is 6. The zero-order chi connectivity index (χ0) is 27.4. The highest BCUT2D eigenvalue weighted by atomic mass is 35.5. The van der Waals surface area contributed by atoms with E-state index in [1.807, 2.05) is 35.4 Å². The smallest absolute Gasteiger partial charge is 0.257 e. The molecule has 3 aromatic rings. The second-order valence-electron chi connectivity index (χ2n) is 9.89. The van der Waals surface area contributed by atoms with Crippen LogP contribution in [0, 0.1) is 11.8 Å². The number of ether oxygens (including phenoxy) is 1. The first kappa shape index (κ1) is 25.9. The summed E-state index contributed by atoms with van der Waals surface area (Å²) >= 11 is 12.6. The maximum absolute atomic E-state index is 14.4. The first-order valence-electron chi connectivity index (χ1n) is 12.2. The topological polar surface area (TPSA) is 102 Å². The number of rotatable bonds is 6. The van der Waals surface area contributed by atoms with Gasteiger partial charge in [-0.2, -0.15) is 0 Å². The summed E-state index contributed by atoms with van der Waals surface area (Å²) < 4.78 is 5.65. The van der Waals surface area contributed by atoms with Crippen LogP contribution in [0.25, 0.3) is 0 Å². The van der Waals surface area contributed by atoms with Gasteiger partial charge in [-0.15, -0.1) is 0 Å². The Morgan fingerprint density at radius 1 is 0.974 bits per heavy atom. The van der Waals surface area contributed by atoms with Crippen LogP contribution in [0.3, 0.4) is 0 Å². The molecule has 7 nitrogen and oxygen atoms in total. The summed E-state index contributed by atoms with van der Waals surface area (Å²) in [5.41, 5.74) is 14.0. The second kappa shape index (κ2) is 9.57. The molecule has 1 fully saturated rings. The lowest BCUT2D eigenvalue weighted by atomic mass is 9.72. The van der Waals surface area contributed by atoms with Crippen LogP contribution in [0.5, 0.6) is 5.75 Å². The molecule has 3 atom stereocenters. The van der Waals surface area contributed by atoms with Gasteiger partial charge < -0.3 is 25.9 Å². The summed E-state index contributed by atoms with van der Waals surface area (Å²) in [5, 5.41) is 0.802. The molecule has 1 amide bonds. The molecule has 2 heterocycles. The molecule has 5 rings (SSSR count). The predicted molar refractivity (Wildman–Crippen MR) is 153 cm³/mol. The number of halogens is 2. The molecule has 2 aliphatic heterocycles. The second-order valence-corrected chi connectivity index (χ2v) is 10.8. The molecular weight excluding hydrogens is 523 g/mol. The monoisotopic (exact) mass is 550 g/mol. The molecule has 0 radical (unpaired) electrons. The Labute approximate surface area is 231 Å². The van der Waals surface area contributed by atoms with Crippen LogP contribution in [0.1, 0.15) is 19.4 Å². The minimum Gasteiger partial charge on any atom is -0.495 e. The van der Waals surface area contributed by atoms with Crippen molar-refractivity contribution in [3.05, 3.63) is 88.0 Å². The van der Waals surface area contributed by atoms with Crippen LogP contribution >= 0.6 is 23.2 Å². The molecule has 2 aliphatic rings. The first-order valence-corrected chi connectivity index (χ1v) is 13.0. The van der Waals surface area contributed by atoms with E-state index in [9.17, 15) is 9.59 Å². The molecular formula is C29H28Cl2N4O3. The molecule has 0 spiro atoms. The van der Waals surface area contributed by atoms with Gasteiger partial charge in [-0.25, -0.2) is 0 Å². The number of aldehydes is 1. The van der Waals surface area contributed by atoms with Gasteiger partial charge in [0.2, 0.25) is 0 Å². The van der Waals surface area contributed by atoms with Crippen molar-refractivity contribution >= 4 is 58.1 Å². The normalized spacial score (nSPS) is 22.6. The standard InChI is InChI=1S/C29H28Cl2N4O3/c1-16(2)27-26-19(14-34(27)23-6-4-5-7-25(23)38-3)28(37)35(24-13-18(31)9-11-21(24)32)29(26,15-36)20-10-8-17(30)12-22(20)33/h4-16,26-27H,32-33H2,1-3H3. The molecule has 0 bridgehead atoms. The number of benzene rings is 3. The summed E-state index contributed by atoms with van der Waals surface area (Å²) in [6.07, 6.45) is 2.62. The Morgan fingerprint density at radius 2 is 1.66 bits per heavy atom. The van der Waals surface area contributed by atoms with E-state index in [0.29, 0.717) is 44.0 Å². The van der Waals surface area contributed by atoms with E-state index >= 15 is 0 Å². The van der Waals surface area contributed by atoms with Crippen molar-refractivity contribution in [2.75, 3.05) is 28.4 Å². The van der Waals surface area contributed by atoms with Crippen LogP contribution in [-0.4, -0.2) is 25.3 Å². The summed E-state index contributed by atoms with van der Waals surface area (Å²) in [6, 6.07) is 17.1. The highest BCUT2D eigenvalue weighted by molar-refractivity contribution is 6.31.